The lowest BCUT2D eigenvalue weighted by Gasteiger charge is -2.21. The maximum atomic E-state index is 13.2. The molecular formula is C18H21FN2O4S. The van der Waals surface area contributed by atoms with Crippen LogP contribution in [0, 0.1) is 12.7 Å². The van der Waals surface area contributed by atoms with Gasteiger partial charge in [0.1, 0.15) is 16.5 Å². The van der Waals surface area contributed by atoms with Gasteiger partial charge in [-0.2, -0.15) is 4.31 Å². The van der Waals surface area contributed by atoms with E-state index in [1.807, 2.05) is 0 Å². The highest BCUT2D eigenvalue weighted by atomic mass is 32.2. The number of aryl methyl sites for hydroxylation is 1. The Balaban J connectivity index is 2.24. The van der Waals surface area contributed by atoms with Crippen LogP contribution in [0.5, 0.6) is 5.75 Å². The van der Waals surface area contributed by atoms with E-state index in [4.69, 9.17) is 4.74 Å². The van der Waals surface area contributed by atoms with Crippen molar-refractivity contribution in [2.45, 2.75) is 18.7 Å². The second-order valence-corrected chi connectivity index (χ2v) is 7.55. The summed E-state index contributed by atoms with van der Waals surface area (Å²) in [5.41, 5.74) is 1.02. The number of ether oxygens (including phenoxy) is 1. The third-order valence-electron chi connectivity index (χ3n) is 3.72. The molecule has 0 aromatic heterocycles. The van der Waals surface area contributed by atoms with Crippen molar-refractivity contribution in [3.8, 4) is 5.75 Å². The van der Waals surface area contributed by atoms with Gasteiger partial charge in [-0.1, -0.05) is 19.1 Å². The number of amides is 1. The predicted octanol–water partition coefficient (Wildman–Crippen LogP) is 2.79. The predicted molar refractivity (Wildman–Crippen MR) is 97.2 cm³/mol. The third kappa shape index (κ3) is 4.59. The Hall–Kier alpha value is -2.45. The van der Waals surface area contributed by atoms with Crippen molar-refractivity contribution in [1.29, 1.82) is 0 Å². The Labute approximate surface area is 152 Å². The fraction of sp³-hybridized carbons (Fsp3) is 0.278. The molecule has 2 aromatic rings. The van der Waals surface area contributed by atoms with Crippen LogP contribution in [0.15, 0.2) is 47.4 Å². The Morgan fingerprint density at radius 1 is 1.23 bits per heavy atom. The number of nitrogens with one attached hydrogen (secondary N) is 1. The summed E-state index contributed by atoms with van der Waals surface area (Å²) in [5, 5.41) is 2.49. The number of rotatable bonds is 7. The zero-order valence-corrected chi connectivity index (χ0v) is 15.6. The topological polar surface area (TPSA) is 75.7 Å². The van der Waals surface area contributed by atoms with Gasteiger partial charge in [-0.15, -0.1) is 0 Å². The highest BCUT2D eigenvalue weighted by Gasteiger charge is 2.28. The van der Waals surface area contributed by atoms with Crippen molar-refractivity contribution < 1.29 is 22.3 Å². The molecule has 26 heavy (non-hydrogen) atoms. The molecule has 0 radical (unpaired) electrons. The number of likely N-dealkylation sites (N-methyl/N-ethyl adjacent to an activating group) is 1. The second-order valence-electron chi connectivity index (χ2n) is 5.64. The fourth-order valence-electron chi connectivity index (χ4n) is 2.42. The number of hydrogen-bond donors (Lipinski definition) is 1. The molecule has 2 rings (SSSR count). The summed E-state index contributed by atoms with van der Waals surface area (Å²) >= 11 is 0. The number of sulfonamides is 1. The number of anilines is 1. The van der Waals surface area contributed by atoms with Gasteiger partial charge < -0.3 is 10.1 Å². The van der Waals surface area contributed by atoms with Crippen LogP contribution in [0.3, 0.4) is 0 Å². The van der Waals surface area contributed by atoms with Crippen LogP contribution < -0.4 is 10.1 Å². The van der Waals surface area contributed by atoms with Gasteiger partial charge in [0, 0.05) is 12.2 Å². The summed E-state index contributed by atoms with van der Waals surface area (Å²) in [6, 6.07) is 10.2. The van der Waals surface area contributed by atoms with Gasteiger partial charge >= 0.3 is 0 Å². The molecule has 0 aliphatic heterocycles. The van der Waals surface area contributed by atoms with Crippen LogP contribution in [-0.2, 0) is 14.8 Å². The van der Waals surface area contributed by atoms with Crippen molar-refractivity contribution in [3.63, 3.8) is 0 Å². The average molecular weight is 380 g/mol. The largest absolute Gasteiger partial charge is 0.495 e. The molecule has 0 bridgehead atoms. The quantitative estimate of drug-likeness (QED) is 0.801. The smallest absolute Gasteiger partial charge is 0.247 e. The molecule has 0 aliphatic carbocycles. The molecular weight excluding hydrogens is 359 g/mol. The first kappa shape index (κ1) is 19.9. The van der Waals surface area contributed by atoms with Gasteiger partial charge in [0.25, 0.3) is 0 Å². The van der Waals surface area contributed by atoms with Crippen molar-refractivity contribution in [3.05, 3.63) is 53.8 Å². The zero-order chi connectivity index (χ0) is 19.3. The van der Waals surface area contributed by atoms with E-state index in [1.54, 1.807) is 26.0 Å². The standard InChI is InChI=1S/C18H21FN2O4S/c1-4-21(12-18(22)20-15-7-5-6-14(19)11-15)26(23,24)17-10-13(2)8-9-16(17)25-3/h5-11H,4,12H2,1-3H3,(H,20,22). The van der Waals surface area contributed by atoms with Crippen LogP contribution in [0.4, 0.5) is 10.1 Å². The first-order valence-corrected chi connectivity index (χ1v) is 9.42. The number of methoxy groups -OCH3 is 1. The lowest BCUT2D eigenvalue weighted by atomic mass is 10.2. The molecule has 0 saturated heterocycles. The van der Waals surface area contributed by atoms with Gasteiger partial charge in [-0.25, -0.2) is 12.8 Å². The normalized spacial score (nSPS) is 11.4. The van der Waals surface area contributed by atoms with Crippen molar-refractivity contribution in [2.75, 3.05) is 25.5 Å². The summed E-state index contributed by atoms with van der Waals surface area (Å²) in [7, 11) is -2.55. The number of halogens is 1. The fourth-order valence-corrected chi connectivity index (χ4v) is 4.06. The van der Waals surface area contributed by atoms with E-state index in [0.717, 1.165) is 15.9 Å². The van der Waals surface area contributed by atoms with Gasteiger partial charge in [-0.3, -0.25) is 4.79 Å². The highest BCUT2D eigenvalue weighted by Crippen LogP contribution is 2.27. The molecule has 8 heteroatoms. The Morgan fingerprint density at radius 3 is 2.58 bits per heavy atom. The van der Waals surface area contributed by atoms with E-state index >= 15 is 0 Å². The van der Waals surface area contributed by atoms with Gasteiger partial charge in [0.15, 0.2) is 0 Å². The molecule has 0 fully saturated rings. The van der Waals surface area contributed by atoms with E-state index in [2.05, 4.69) is 5.32 Å². The SMILES string of the molecule is CCN(CC(=O)Nc1cccc(F)c1)S(=O)(=O)c1cc(C)ccc1OC. The minimum Gasteiger partial charge on any atom is -0.495 e. The molecule has 0 aliphatic rings. The van der Waals surface area contributed by atoms with E-state index in [0.29, 0.717) is 0 Å². The first-order valence-electron chi connectivity index (χ1n) is 7.98. The highest BCUT2D eigenvalue weighted by molar-refractivity contribution is 7.89. The van der Waals surface area contributed by atoms with Crippen molar-refractivity contribution >= 4 is 21.6 Å². The number of carbonyl (C=O) groups is 1. The van der Waals surface area contributed by atoms with Gasteiger partial charge in [0.2, 0.25) is 15.9 Å². The van der Waals surface area contributed by atoms with Crippen LogP contribution >= 0.6 is 0 Å². The van der Waals surface area contributed by atoms with Crippen LogP contribution in [-0.4, -0.2) is 38.8 Å². The Bertz CT molecular complexity index is 900. The lowest BCUT2D eigenvalue weighted by molar-refractivity contribution is -0.116. The summed E-state index contributed by atoms with van der Waals surface area (Å²) in [4.78, 5) is 12.2. The Kier molecular flexibility index (Phi) is 6.33. The van der Waals surface area contributed by atoms with E-state index < -0.39 is 28.3 Å². The monoisotopic (exact) mass is 380 g/mol. The van der Waals surface area contributed by atoms with Gasteiger partial charge in [0.05, 0.1) is 13.7 Å². The van der Waals surface area contributed by atoms with E-state index in [1.165, 1.54) is 31.4 Å². The molecule has 0 atom stereocenters. The average Bonchev–Trinajstić information content (AvgIpc) is 2.59. The molecule has 0 unspecified atom stereocenters. The van der Waals surface area contributed by atoms with Crippen LogP contribution in [0.1, 0.15) is 12.5 Å². The minimum absolute atomic E-state index is 0.000376. The molecule has 140 valence electrons. The maximum Gasteiger partial charge on any atom is 0.247 e. The summed E-state index contributed by atoms with van der Waals surface area (Å²) in [6.07, 6.45) is 0. The summed E-state index contributed by atoms with van der Waals surface area (Å²) < 4.78 is 45.3. The van der Waals surface area contributed by atoms with Crippen LogP contribution in [0.2, 0.25) is 0 Å². The molecule has 2 aromatic carbocycles. The first-order chi connectivity index (χ1) is 12.3. The maximum absolute atomic E-state index is 13.2. The minimum atomic E-state index is -3.94. The lowest BCUT2D eigenvalue weighted by Crippen LogP contribution is -2.38. The molecule has 0 saturated carbocycles. The van der Waals surface area contributed by atoms with Crippen LogP contribution in [0.25, 0.3) is 0 Å². The third-order valence-corrected chi connectivity index (χ3v) is 5.66. The molecule has 1 N–H and O–H groups in total. The molecule has 0 heterocycles. The number of benzene rings is 2. The number of hydrogen-bond acceptors (Lipinski definition) is 4. The molecule has 6 nitrogen and oxygen atoms in total. The molecule has 0 spiro atoms. The zero-order valence-electron chi connectivity index (χ0n) is 14.8. The van der Waals surface area contributed by atoms with Gasteiger partial charge in [-0.05, 0) is 42.8 Å². The summed E-state index contributed by atoms with van der Waals surface area (Å²) in [6.45, 7) is 3.10. The van der Waals surface area contributed by atoms with E-state index in [-0.39, 0.29) is 22.9 Å². The molecule has 1 amide bonds. The van der Waals surface area contributed by atoms with Crippen molar-refractivity contribution in [1.82, 2.24) is 4.31 Å². The number of carbonyl (C=O) groups excluding carboxylic acids is 1. The second kappa shape index (κ2) is 8.29. The number of nitrogens with zero attached hydrogens (tertiary/aromatic N) is 1. The van der Waals surface area contributed by atoms with Crippen molar-refractivity contribution in [2.24, 2.45) is 0 Å². The van der Waals surface area contributed by atoms with E-state index in [9.17, 15) is 17.6 Å². The summed E-state index contributed by atoms with van der Waals surface area (Å²) in [5.74, 6) is -0.848. The Morgan fingerprint density at radius 2 is 1.96 bits per heavy atom.